The standard InChI is InChI=1S/C22H27N7O/c1-26-12-14-27(15-13-26)21-7-6-19-23-24-20(29(19)25-21)8-9-22(30)28-11-10-17-4-2-3-5-18(17)16-28/h2-7H,8-16H2,1H3. The van der Waals surface area contributed by atoms with Crippen LogP contribution in [0.5, 0.6) is 0 Å². The molecule has 0 bridgehead atoms. The van der Waals surface area contributed by atoms with Crippen LogP contribution < -0.4 is 4.90 Å². The fourth-order valence-electron chi connectivity index (χ4n) is 4.27. The minimum absolute atomic E-state index is 0.163. The number of amides is 1. The molecule has 0 radical (unpaired) electrons. The normalized spacial score (nSPS) is 17.4. The summed E-state index contributed by atoms with van der Waals surface area (Å²) < 4.78 is 1.80. The van der Waals surface area contributed by atoms with Gasteiger partial charge in [-0.05, 0) is 36.7 Å². The van der Waals surface area contributed by atoms with E-state index >= 15 is 0 Å². The van der Waals surface area contributed by atoms with E-state index in [4.69, 9.17) is 5.10 Å². The number of anilines is 1. The van der Waals surface area contributed by atoms with E-state index in [9.17, 15) is 4.79 Å². The first-order valence-electron chi connectivity index (χ1n) is 10.7. The molecule has 156 valence electrons. The van der Waals surface area contributed by atoms with E-state index in [-0.39, 0.29) is 5.91 Å². The van der Waals surface area contributed by atoms with Crippen molar-refractivity contribution in [3.63, 3.8) is 0 Å². The molecule has 1 saturated heterocycles. The quantitative estimate of drug-likeness (QED) is 0.654. The SMILES string of the molecule is CN1CCN(c2ccc3nnc(CCC(=O)N4CCc5ccccc5C4)n3n2)CC1. The number of aryl methyl sites for hydroxylation is 1. The van der Waals surface area contributed by atoms with Gasteiger partial charge in [-0.2, -0.15) is 4.52 Å². The van der Waals surface area contributed by atoms with E-state index < -0.39 is 0 Å². The number of fused-ring (bicyclic) bond motifs is 2. The van der Waals surface area contributed by atoms with Gasteiger partial charge in [0.05, 0.1) is 0 Å². The molecule has 30 heavy (non-hydrogen) atoms. The van der Waals surface area contributed by atoms with Crippen LogP contribution in [0.1, 0.15) is 23.4 Å². The molecule has 0 saturated carbocycles. The summed E-state index contributed by atoms with van der Waals surface area (Å²) in [5.41, 5.74) is 3.33. The summed E-state index contributed by atoms with van der Waals surface area (Å²) in [4.78, 5) is 19.4. The molecule has 2 aliphatic heterocycles. The van der Waals surface area contributed by atoms with Crippen LogP contribution in [0.2, 0.25) is 0 Å². The van der Waals surface area contributed by atoms with Crippen LogP contribution in [-0.2, 0) is 24.2 Å². The summed E-state index contributed by atoms with van der Waals surface area (Å²) in [5.74, 6) is 1.85. The van der Waals surface area contributed by atoms with Crippen LogP contribution >= 0.6 is 0 Å². The maximum absolute atomic E-state index is 12.8. The second kappa shape index (κ2) is 8.02. The lowest BCUT2D eigenvalue weighted by Crippen LogP contribution is -2.45. The van der Waals surface area contributed by atoms with E-state index in [1.807, 2.05) is 23.1 Å². The van der Waals surface area contributed by atoms with E-state index in [2.05, 4.69) is 45.2 Å². The van der Waals surface area contributed by atoms with Crippen LogP contribution in [0.15, 0.2) is 36.4 Å². The number of benzene rings is 1. The number of carbonyl (C=O) groups is 1. The lowest BCUT2D eigenvalue weighted by Gasteiger charge is -2.33. The number of likely N-dealkylation sites (N-methyl/N-ethyl adjacent to an activating group) is 1. The van der Waals surface area contributed by atoms with Gasteiger partial charge in [0.15, 0.2) is 11.5 Å². The van der Waals surface area contributed by atoms with Gasteiger partial charge < -0.3 is 14.7 Å². The third-order valence-electron chi connectivity index (χ3n) is 6.19. The van der Waals surface area contributed by atoms with Crippen LogP contribution in [0.4, 0.5) is 5.82 Å². The Hall–Kier alpha value is -3.00. The van der Waals surface area contributed by atoms with Crippen LogP contribution in [0, 0.1) is 0 Å². The predicted octanol–water partition coefficient (Wildman–Crippen LogP) is 1.39. The van der Waals surface area contributed by atoms with Crippen LogP contribution in [-0.4, -0.2) is 75.3 Å². The predicted molar refractivity (Wildman–Crippen MR) is 114 cm³/mol. The molecule has 1 fully saturated rings. The first-order chi connectivity index (χ1) is 14.7. The van der Waals surface area contributed by atoms with Gasteiger partial charge in [-0.15, -0.1) is 15.3 Å². The van der Waals surface area contributed by atoms with Crippen molar-refractivity contribution in [2.45, 2.75) is 25.8 Å². The highest BCUT2D eigenvalue weighted by atomic mass is 16.2. The van der Waals surface area contributed by atoms with Gasteiger partial charge in [0, 0.05) is 52.1 Å². The Morgan fingerprint density at radius 1 is 0.967 bits per heavy atom. The topological polar surface area (TPSA) is 69.9 Å². The molecule has 2 aromatic heterocycles. The Labute approximate surface area is 176 Å². The molecule has 1 aromatic carbocycles. The van der Waals surface area contributed by atoms with Gasteiger partial charge in [-0.3, -0.25) is 4.79 Å². The second-order valence-electron chi connectivity index (χ2n) is 8.20. The minimum Gasteiger partial charge on any atom is -0.353 e. The molecule has 8 heteroatoms. The van der Waals surface area contributed by atoms with Gasteiger partial charge in [0.25, 0.3) is 0 Å². The van der Waals surface area contributed by atoms with E-state index in [1.165, 1.54) is 11.1 Å². The smallest absolute Gasteiger partial charge is 0.223 e. The maximum atomic E-state index is 12.8. The van der Waals surface area contributed by atoms with E-state index in [0.29, 0.717) is 19.4 Å². The number of carbonyl (C=O) groups excluding carboxylic acids is 1. The van der Waals surface area contributed by atoms with Crippen molar-refractivity contribution in [2.24, 2.45) is 0 Å². The number of nitrogens with zero attached hydrogens (tertiary/aromatic N) is 7. The fraction of sp³-hybridized carbons (Fsp3) is 0.455. The average Bonchev–Trinajstić information content (AvgIpc) is 3.20. The zero-order chi connectivity index (χ0) is 20.5. The van der Waals surface area contributed by atoms with Crippen molar-refractivity contribution in [3.8, 4) is 0 Å². The summed E-state index contributed by atoms with van der Waals surface area (Å²) in [6.07, 6.45) is 1.88. The zero-order valence-electron chi connectivity index (χ0n) is 17.4. The fourth-order valence-corrected chi connectivity index (χ4v) is 4.27. The molecule has 1 amide bonds. The number of hydrogen-bond donors (Lipinski definition) is 0. The second-order valence-corrected chi connectivity index (χ2v) is 8.20. The van der Waals surface area contributed by atoms with Crippen molar-refractivity contribution in [2.75, 3.05) is 44.7 Å². The Morgan fingerprint density at radius 3 is 2.60 bits per heavy atom. The molecular formula is C22H27N7O. The average molecular weight is 406 g/mol. The van der Waals surface area contributed by atoms with Crippen LogP contribution in [0.3, 0.4) is 0 Å². The third kappa shape index (κ3) is 3.75. The van der Waals surface area contributed by atoms with Crippen molar-refractivity contribution in [3.05, 3.63) is 53.3 Å². The minimum atomic E-state index is 0.163. The van der Waals surface area contributed by atoms with Crippen molar-refractivity contribution < 1.29 is 4.79 Å². The summed E-state index contributed by atoms with van der Waals surface area (Å²) in [5, 5.41) is 13.3. The van der Waals surface area contributed by atoms with Crippen LogP contribution in [0.25, 0.3) is 5.65 Å². The summed E-state index contributed by atoms with van der Waals surface area (Å²) in [6.45, 7) is 5.46. The third-order valence-corrected chi connectivity index (χ3v) is 6.19. The number of aromatic nitrogens is 4. The first-order valence-corrected chi connectivity index (χ1v) is 10.7. The lowest BCUT2D eigenvalue weighted by molar-refractivity contribution is -0.132. The van der Waals surface area contributed by atoms with E-state index in [0.717, 1.165) is 56.4 Å². The monoisotopic (exact) mass is 405 g/mol. The molecule has 0 atom stereocenters. The summed E-state index contributed by atoms with van der Waals surface area (Å²) in [6, 6.07) is 12.3. The number of piperazine rings is 1. The van der Waals surface area contributed by atoms with Gasteiger partial charge in [0.2, 0.25) is 5.91 Å². The maximum Gasteiger partial charge on any atom is 0.223 e. The van der Waals surface area contributed by atoms with Crippen molar-refractivity contribution >= 4 is 17.4 Å². The van der Waals surface area contributed by atoms with Crippen molar-refractivity contribution in [1.82, 2.24) is 29.6 Å². The van der Waals surface area contributed by atoms with Gasteiger partial charge >= 0.3 is 0 Å². The molecule has 0 spiro atoms. The molecule has 0 N–H and O–H groups in total. The molecule has 2 aliphatic rings. The highest BCUT2D eigenvalue weighted by Gasteiger charge is 2.21. The number of hydrogen-bond acceptors (Lipinski definition) is 6. The molecular weight excluding hydrogens is 378 g/mol. The largest absolute Gasteiger partial charge is 0.353 e. The highest BCUT2D eigenvalue weighted by Crippen LogP contribution is 2.20. The Bertz CT molecular complexity index is 1050. The Balaban J connectivity index is 1.26. The lowest BCUT2D eigenvalue weighted by atomic mass is 9.99. The zero-order valence-corrected chi connectivity index (χ0v) is 17.4. The van der Waals surface area contributed by atoms with Gasteiger partial charge in [-0.1, -0.05) is 24.3 Å². The van der Waals surface area contributed by atoms with Crippen molar-refractivity contribution in [1.29, 1.82) is 0 Å². The molecule has 4 heterocycles. The summed E-state index contributed by atoms with van der Waals surface area (Å²) >= 11 is 0. The molecule has 0 aliphatic carbocycles. The van der Waals surface area contributed by atoms with Gasteiger partial charge in [0.1, 0.15) is 5.82 Å². The molecule has 3 aromatic rings. The molecule has 8 nitrogen and oxygen atoms in total. The Morgan fingerprint density at radius 2 is 1.77 bits per heavy atom. The Kier molecular flexibility index (Phi) is 5.08. The molecule has 0 unspecified atom stereocenters. The van der Waals surface area contributed by atoms with E-state index in [1.54, 1.807) is 4.52 Å². The highest BCUT2D eigenvalue weighted by molar-refractivity contribution is 5.76. The molecule has 5 rings (SSSR count). The number of rotatable bonds is 4. The first kappa shape index (κ1) is 19.0. The van der Waals surface area contributed by atoms with Gasteiger partial charge in [-0.25, -0.2) is 0 Å². The summed E-state index contributed by atoms with van der Waals surface area (Å²) in [7, 11) is 2.14.